The molecule has 1 atom stereocenters. The van der Waals surface area contributed by atoms with E-state index in [0.717, 1.165) is 5.02 Å². The van der Waals surface area contributed by atoms with E-state index in [1.54, 1.807) is 0 Å². The molecule has 1 aliphatic carbocycles. The maximum Gasteiger partial charge on any atom is 0.0495 e. The van der Waals surface area contributed by atoms with E-state index in [4.69, 9.17) is 17.3 Å². The van der Waals surface area contributed by atoms with Crippen molar-refractivity contribution < 1.29 is 0 Å². The Morgan fingerprint density at radius 2 is 2.12 bits per heavy atom. The summed E-state index contributed by atoms with van der Waals surface area (Å²) >= 11 is 6.05. The van der Waals surface area contributed by atoms with Gasteiger partial charge in [0.25, 0.3) is 0 Å². The summed E-state index contributed by atoms with van der Waals surface area (Å²) in [5.41, 5.74) is 8.95. The molecule has 3 heteroatoms. The van der Waals surface area contributed by atoms with E-state index in [1.165, 1.54) is 29.3 Å². The zero-order chi connectivity index (χ0) is 12.2. The first-order valence-corrected chi connectivity index (χ1v) is 6.43. The van der Waals surface area contributed by atoms with E-state index < -0.39 is 0 Å². The summed E-state index contributed by atoms with van der Waals surface area (Å²) < 4.78 is 2.15. The van der Waals surface area contributed by atoms with Crippen LogP contribution in [0.3, 0.4) is 0 Å². The maximum atomic E-state index is 6.16. The van der Waals surface area contributed by atoms with Crippen molar-refractivity contribution in [3.63, 3.8) is 0 Å². The highest BCUT2D eigenvalue weighted by atomic mass is 35.5. The molecule has 17 heavy (non-hydrogen) atoms. The Morgan fingerprint density at radius 3 is 2.71 bits per heavy atom. The fraction of sp³-hybridized carbons (Fsp3) is 0.429. The fourth-order valence-electron chi connectivity index (χ4n) is 2.86. The van der Waals surface area contributed by atoms with E-state index in [1.807, 2.05) is 12.1 Å². The number of nitrogens with zero attached hydrogens (tertiary/aromatic N) is 1. The van der Waals surface area contributed by atoms with Crippen LogP contribution in [0.2, 0.25) is 5.02 Å². The molecule has 1 unspecified atom stereocenters. The van der Waals surface area contributed by atoms with Crippen LogP contribution in [0, 0.1) is 0 Å². The molecule has 0 amide bonds. The van der Waals surface area contributed by atoms with Gasteiger partial charge in [0.15, 0.2) is 0 Å². The standard InChI is InChI=1S/C14H17ClN2/c1-9(16)14(5-6-14)12-8-17(2)13-7-10(15)3-4-11(12)13/h3-4,7-9H,5-6,16H2,1-2H3. The van der Waals surface area contributed by atoms with Crippen LogP contribution in [0.4, 0.5) is 0 Å². The van der Waals surface area contributed by atoms with Gasteiger partial charge < -0.3 is 10.3 Å². The first-order valence-electron chi connectivity index (χ1n) is 6.05. The van der Waals surface area contributed by atoms with Crippen molar-refractivity contribution >= 4 is 22.5 Å². The van der Waals surface area contributed by atoms with Gasteiger partial charge in [0.2, 0.25) is 0 Å². The number of benzene rings is 1. The van der Waals surface area contributed by atoms with Crippen molar-refractivity contribution in [2.45, 2.75) is 31.2 Å². The Balaban J connectivity index is 2.25. The Hall–Kier alpha value is -0.990. The van der Waals surface area contributed by atoms with E-state index in [0.29, 0.717) is 0 Å². The fourth-order valence-corrected chi connectivity index (χ4v) is 3.02. The van der Waals surface area contributed by atoms with Crippen molar-refractivity contribution in [2.75, 3.05) is 0 Å². The molecule has 1 heterocycles. The number of aryl methyl sites for hydroxylation is 1. The summed E-state index contributed by atoms with van der Waals surface area (Å²) in [5, 5.41) is 2.09. The number of nitrogens with two attached hydrogens (primary N) is 1. The third-order valence-corrected chi connectivity index (χ3v) is 4.38. The Bertz CT molecular complexity index is 579. The number of hydrogen-bond acceptors (Lipinski definition) is 1. The predicted octanol–water partition coefficient (Wildman–Crippen LogP) is 3.21. The highest BCUT2D eigenvalue weighted by molar-refractivity contribution is 6.31. The molecule has 2 aromatic rings. The van der Waals surface area contributed by atoms with Crippen molar-refractivity contribution in [1.82, 2.24) is 4.57 Å². The molecule has 90 valence electrons. The van der Waals surface area contributed by atoms with Crippen LogP contribution in [0.5, 0.6) is 0 Å². The van der Waals surface area contributed by atoms with Gasteiger partial charge in [-0.25, -0.2) is 0 Å². The lowest BCUT2D eigenvalue weighted by molar-refractivity contribution is 0.559. The summed E-state index contributed by atoms with van der Waals surface area (Å²) in [6, 6.07) is 6.32. The molecule has 1 aromatic carbocycles. The van der Waals surface area contributed by atoms with E-state index in [2.05, 4.69) is 30.8 Å². The van der Waals surface area contributed by atoms with Crippen LogP contribution in [0.25, 0.3) is 10.9 Å². The van der Waals surface area contributed by atoms with Crippen molar-refractivity contribution in [1.29, 1.82) is 0 Å². The topological polar surface area (TPSA) is 30.9 Å². The van der Waals surface area contributed by atoms with Gasteiger partial charge in [0, 0.05) is 40.6 Å². The van der Waals surface area contributed by atoms with Gasteiger partial charge in [-0.15, -0.1) is 0 Å². The van der Waals surface area contributed by atoms with Gasteiger partial charge in [-0.05, 0) is 37.5 Å². The van der Waals surface area contributed by atoms with E-state index in [9.17, 15) is 0 Å². The molecular formula is C14H17ClN2. The third-order valence-electron chi connectivity index (χ3n) is 4.15. The van der Waals surface area contributed by atoms with Crippen LogP contribution < -0.4 is 5.73 Å². The molecule has 0 aliphatic heterocycles. The average Bonchev–Trinajstić information content (AvgIpc) is 3.02. The molecule has 1 aliphatic rings. The minimum absolute atomic E-state index is 0.202. The smallest absolute Gasteiger partial charge is 0.0495 e. The lowest BCUT2D eigenvalue weighted by Crippen LogP contribution is -2.31. The monoisotopic (exact) mass is 248 g/mol. The van der Waals surface area contributed by atoms with Crippen LogP contribution in [0.1, 0.15) is 25.3 Å². The first-order chi connectivity index (χ1) is 8.04. The highest BCUT2D eigenvalue weighted by Crippen LogP contribution is 2.52. The highest BCUT2D eigenvalue weighted by Gasteiger charge is 2.48. The number of hydrogen-bond donors (Lipinski definition) is 1. The van der Waals surface area contributed by atoms with Gasteiger partial charge in [-0.3, -0.25) is 0 Å². The molecule has 1 saturated carbocycles. The van der Waals surface area contributed by atoms with Crippen LogP contribution >= 0.6 is 11.6 Å². The van der Waals surface area contributed by atoms with Gasteiger partial charge in [-0.1, -0.05) is 17.7 Å². The van der Waals surface area contributed by atoms with Crippen LogP contribution in [-0.4, -0.2) is 10.6 Å². The summed E-state index contributed by atoms with van der Waals surface area (Å²) in [4.78, 5) is 0. The largest absolute Gasteiger partial charge is 0.350 e. The number of halogens is 1. The quantitative estimate of drug-likeness (QED) is 0.869. The zero-order valence-electron chi connectivity index (χ0n) is 10.2. The second kappa shape index (κ2) is 3.50. The summed E-state index contributed by atoms with van der Waals surface area (Å²) in [5.74, 6) is 0. The average molecular weight is 249 g/mol. The lowest BCUT2D eigenvalue weighted by Gasteiger charge is -2.18. The van der Waals surface area contributed by atoms with Crippen LogP contribution in [-0.2, 0) is 12.5 Å². The van der Waals surface area contributed by atoms with Crippen LogP contribution in [0.15, 0.2) is 24.4 Å². The van der Waals surface area contributed by atoms with Crippen molar-refractivity contribution in [3.05, 3.63) is 35.0 Å². The van der Waals surface area contributed by atoms with E-state index in [-0.39, 0.29) is 11.5 Å². The molecule has 1 aromatic heterocycles. The molecule has 0 spiro atoms. The predicted molar refractivity (Wildman–Crippen MR) is 72.5 cm³/mol. The van der Waals surface area contributed by atoms with Gasteiger partial charge in [0.05, 0.1) is 0 Å². The zero-order valence-corrected chi connectivity index (χ0v) is 11.0. The number of fused-ring (bicyclic) bond motifs is 1. The molecule has 2 nitrogen and oxygen atoms in total. The summed E-state index contributed by atoms with van der Waals surface area (Å²) in [7, 11) is 2.07. The molecule has 1 fully saturated rings. The Morgan fingerprint density at radius 1 is 1.41 bits per heavy atom. The molecule has 2 N–H and O–H groups in total. The van der Waals surface area contributed by atoms with Crippen molar-refractivity contribution in [3.8, 4) is 0 Å². The maximum absolute atomic E-state index is 6.16. The second-order valence-electron chi connectivity index (χ2n) is 5.26. The second-order valence-corrected chi connectivity index (χ2v) is 5.70. The van der Waals surface area contributed by atoms with Gasteiger partial charge in [0.1, 0.15) is 0 Å². The minimum atomic E-state index is 0.202. The molecule has 3 rings (SSSR count). The minimum Gasteiger partial charge on any atom is -0.350 e. The molecule has 0 saturated heterocycles. The van der Waals surface area contributed by atoms with E-state index >= 15 is 0 Å². The lowest BCUT2D eigenvalue weighted by atomic mass is 9.89. The van der Waals surface area contributed by atoms with Crippen molar-refractivity contribution in [2.24, 2.45) is 12.8 Å². The SMILES string of the molecule is CC(N)C1(c2cn(C)c3cc(Cl)ccc23)CC1. The Labute approximate surface area is 106 Å². The summed E-state index contributed by atoms with van der Waals surface area (Å²) in [6.07, 6.45) is 4.62. The Kier molecular flexibility index (Phi) is 2.29. The van der Waals surface area contributed by atoms with Gasteiger partial charge >= 0.3 is 0 Å². The first kappa shape index (κ1) is 11.1. The normalized spacial score (nSPS) is 19.5. The number of aromatic nitrogens is 1. The summed E-state index contributed by atoms with van der Waals surface area (Å²) in [6.45, 7) is 2.11. The van der Waals surface area contributed by atoms with Gasteiger partial charge in [-0.2, -0.15) is 0 Å². The molecular weight excluding hydrogens is 232 g/mol. The number of rotatable bonds is 2. The molecule has 0 bridgehead atoms. The molecule has 0 radical (unpaired) electrons. The third kappa shape index (κ3) is 1.51.